The molecule has 88 valence electrons. The Morgan fingerprint density at radius 3 is 3.00 bits per heavy atom. The average Bonchev–Trinajstić information content (AvgIpc) is 2.35. The zero-order valence-electron chi connectivity index (χ0n) is 9.74. The fourth-order valence-corrected chi connectivity index (χ4v) is 2.01. The van der Waals surface area contributed by atoms with Gasteiger partial charge in [-0.05, 0) is 31.6 Å². The first-order valence-electron chi connectivity index (χ1n) is 5.98. The predicted octanol–water partition coefficient (Wildman–Crippen LogP) is 1.40. The van der Waals surface area contributed by atoms with Gasteiger partial charge < -0.3 is 10.4 Å². The maximum Gasteiger partial charge on any atom is 0.132 e. The Morgan fingerprint density at radius 1 is 1.38 bits per heavy atom. The molecule has 16 heavy (non-hydrogen) atoms. The second kappa shape index (κ2) is 5.25. The van der Waals surface area contributed by atoms with Crippen LogP contribution in [0, 0.1) is 5.92 Å². The highest BCUT2D eigenvalue weighted by Gasteiger charge is 2.15. The molecule has 1 atom stereocenters. The van der Waals surface area contributed by atoms with E-state index in [0.717, 1.165) is 25.2 Å². The van der Waals surface area contributed by atoms with Crippen LogP contribution < -0.4 is 5.32 Å². The standard InChI is InChI=1S/C12H19N3O/c1-9(7-16)6-13-12-10-4-2-3-5-11(10)14-8-15-12/h8-9,16H,2-7H2,1H3,(H,13,14,15). The molecule has 0 bridgehead atoms. The minimum absolute atomic E-state index is 0.209. The normalized spacial score (nSPS) is 16.6. The summed E-state index contributed by atoms with van der Waals surface area (Å²) in [6, 6.07) is 0. The molecule has 0 fully saturated rings. The van der Waals surface area contributed by atoms with E-state index in [0.29, 0.717) is 0 Å². The molecule has 4 heteroatoms. The van der Waals surface area contributed by atoms with Gasteiger partial charge in [0.15, 0.2) is 0 Å². The van der Waals surface area contributed by atoms with E-state index in [1.165, 1.54) is 24.1 Å². The predicted molar refractivity (Wildman–Crippen MR) is 63.4 cm³/mol. The molecule has 1 unspecified atom stereocenters. The van der Waals surface area contributed by atoms with E-state index in [2.05, 4.69) is 15.3 Å². The molecule has 2 rings (SSSR count). The highest BCUT2D eigenvalue weighted by Crippen LogP contribution is 2.24. The summed E-state index contributed by atoms with van der Waals surface area (Å²) in [5.41, 5.74) is 2.47. The number of hydrogen-bond donors (Lipinski definition) is 2. The van der Waals surface area contributed by atoms with E-state index in [4.69, 9.17) is 5.11 Å². The van der Waals surface area contributed by atoms with E-state index in [1.54, 1.807) is 6.33 Å². The first kappa shape index (κ1) is 11.3. The van der Waals surface area contributed by atoms with Gasteiger partial charge in [0, 0.05) is 24.4 Å². The second-order valence-electron chi connectivity index (χ2n) is 4.52. The van der Waals surface area contributed by atoms with Crippen molar-refractivity contribution in [1.29, 1.82) is 0 Å². The molecule has 4 nitrogen and oxygen atoms in total. The summed E-state index contributed by atoms with van der Waals surface area (Å²) in [5.74, 6) is 1.22. The van der Waals surface area contributed by atoms with Crippen molar-refractivity contribution in [3.63, 3.8) is 0 Å². The van der Waals surface area contributed by atoms with Crippen molar-refractivity contribution in [3.8, 4) is 0 Å². The van der Waals surface area contributed by atoms with Crippen LogP contribution in [0.4, 0.5) is 5.82 Å². The number of aliphatic hydroxyl groups excluding tert-OH is 1. The molecule has 0 amide bonds. The third kappa shape index (κ3) is 2.50. The van der Waals surface area contributed by atoms with Crippen molar-refractivity contribution < 1.29 is 5.11 Å². The Hall–Kier alpha value is -1.16. The highest BCUT2D eigenvalue weighted by atomic mass is 16.3. The molecule has 1 heterocycles. The number of hydrogen-bond acceptors (Lipinski definition) is 4. The maximum absolute atomic E-state index is 8.98. The SMILES string of the molecule is CC(CO)CNc1ncnc2c1CCCC2. The Balaban J connectivity index is 2.08. The zero-order valence-corrected chi connectivity index (χ0v) is 9.74. The van der Waals surface area contributed by atoms with Crippen LogP contribution in [0.5, 0.6) is 0 Å². The summed E-state index contributed by atoms with van der Waals surface area (Å²) >= 11 is 0. The lowest BCUT2D eigenvalue weighted by Crippen LogP contribution is -2.18. The lowest BCUT2D eigenvalue weighted by Gasteiger charge is -2.19. The van der Waals surface area contributed by atoms with Crippen molar-refractivity contribution in [2.24, 2.45) is 5.92 Å². The third-order valence-electron chi connectivity index (χ3n) is 3.05. The van der Waals surface area contributed by atoms with Gasteiger partial charge in [0.1, 0.15) is 12.1 Å². The van der Waals surface area contributed by atoms with Crippen LogP contribution in [0.3, 0.4) is 0 Å². The molecule has 0 saturated heterocycles. The largest absolute Gasteiger partial charge is 0.396 e. The number of fused-ring (bicyclic) bond motifs is 1. The third-order valence-corrected chi connectivity index (χ3v) is 3.05. The number of aliphatic hydroxyl groups is 1. The Kier molecular flexibility index (Phi) is 3.72. The van der Waals surface area contributed by atoms with Gasteiger partial charge in [-0.1, -0.05) is 6.92 Å². The van der Waals surface area contributed by atoms with Crippen molar-refractivity contribution in [2.75, 3.05) is 18.5 Å². The minimum atomic E-state index is 0.209. The first-order chi connectivity index (χ1) is 7.81. The Labute approximate surface area is 96.1 Å². The molecule has 1 aliphatic rings. The van der Waals surface area contributed by atoms with E-state index >= 15 is 0 Å². The fraction of sp³-hybridized carbons (Fsp3) is 0.667. The van der Waals surface area contributed by atoms with Crippen LogP contribution in [-0.2, 0) is 12.8 Å². The Bertz CT molecular complexity index is 354. The molecule has 0 aliphatic heterocycles. The minimum Gasteiger partial charge on any atom is -0.396 e. The number of nitrogens with zero attached hydrogens (tertiary/aromatic N) is 2. The quantitative estimate of drug-likeness (QED) is 0.806. The topological polar surface area (TPSA) is 58.0 Å². The highest BCUT2D eigenvalue weighted by molar-refractivity contribution is 5.46. The van der Waals surface area contributed by atoms with E-state index in [1.807, 2.05) is 6.92 Å². The summed E-state index contributed by atoms with van der Waals surface area (Å²) in [4.78, 5) is 8.62. The summed E-state index contributed by atoms with van der Waals surface area (Å²) in [6.07, 6.45) is 6.24. The van der Waals surface area contributed by atoms with Gasteiger partial charge in [0.05, 0.1) is 0 Å². The van der Waals surface area contributed by atoms with Gasteiger partial charge in [-0.15, -0.1) is 0 Å². The van der Waals surface area contributed by atoms with E-state index < -0.39 is 0 Å². The van der Waals surface area contributed by atoms with Crippen molar-refractivity contribution >= 4 is 5.82 Å². The lowest BCUT2D eigenvalue weighted by molar-refractivity contribution is 0.244. The van der Waals surface area contributed by atoms with E-state index in [9.17, 15) is 0 Å². The van der Waals surface area contributed by atoms with Crippen molar-refractivity contribution in [1.82, 2.24) is 9.97 Å². The molecular weight excluding hydrogens is 202 g/mol. The Morgan fingerprint density at radius 2 is 2.19 bits per heavy atom. The van der Waals surface area contributed by atoms with Gasteiger partial charge in [0.2, 0.25) is 0 Å². The van der Waals surface area contributed by atoms with Crippen molar-refractivity contribution in [3.05, 3.63) is 17.6 Å². The molecular formula is C12H19N3O. The summed E-state index contributed by atoms with van der Waals surface area (Å²) in [7, 11) is 0. The van der Waals surface area contributed by atoms with Crippen LogP contribution in [0.15, 0.2) is 6.33 Å². The molecule has 0 saturated carbocycles. The van der Waals surface area contributed by atoms with Crippen LogP contribution in [0.25, 0.3) is 0 Å². The van der Waals surface area contributed by atoms with Crippen LogP contribution >= 0.6 is 0 Å². The first-order valence-corrected chi connectivity index (χ1v) is 5.98. The number of rotatable bonds is 4. The van der Waals surface area contributed by atoms with Gasteiger partial charge in [0.25, 0.3) is 0 Å². The molecule has 2 N–H and O–H groups in total. The molecule has 0 spiro atoms. The van der Waals surface area contributed by atoms with Gasteiger partial charge in [-0.2, -0.15) is 0 Å². The summed E-state index contributed by atoms with van der Waals surface area (Å²) < 4.78 is 0. The fourth-order valence-electron chi connectivity index (χ4n) is 2.01. The van der Waals surface area contributed by atoms with E-state index in [-0.39, 0.29) is 12.5 Å². The molecule has 0 aromatic carbocycles. The maximum atomic E-state index is 8.98. The van der Waals surface area contributed by atoms with Gasteiger partial charge >= 0.3 is 0 Å². The summed E-state index contributed by atoms with van der Waals surface area (Å²) in [6.45, 7) is 2.99. The summed E-state index contributed by atoms with van der Waals surface area (Å²) in [5, 5.41) is 12.3. The molecule has 1 aromatic heterocycles. The monoisotopic (exact) mass is 221 g/mol. The molecule has 0 radical (unpaired) electrons. The van der Waals surface area contributed by atoms with Crippen LogP contribution in [0.2, 0.25) is 0 Å². The lowest BCUT2D eigenvalue weighted by atomic mass is 9.96. The number of aryl methyl sites for hydroxylation is 1. The number of nitrogens with one attached hydrogen (secondary N) is 1. The number of anilines is 1. The molecule has 1 aliphatic carbocycles. The second-order valence-corrected chi connectivity index (χ2v) is 4.52. The molecule has 1 aromatic rings. The average molecular weight is 221 g/mol. The zero-order chi connectivity index (χ0) is 11.4. The van der Waals surface area contributed by atoms with Gasteiger partial charge in [-0.3, -0.25) is 0 Å². The van der Waals surface area contributed by atoms with Crippen molar-refractivity contribution in [2.45, 2.75) is 32.6 Å². The van der Waals surface area contributed by atoms with Crippen LogP contribution in [-0.4, -0.2) is 28.2 Å². The smallest absolute Gasteiger partial charge is 0.132 e. The van der Waals surface area contributed by atoms with Gasteiger partial charge in [-0.25, -0.2) is 9.97 Å². The number of aromatic nitrogens is 2. The van der Waals surface area contributed by atoms with Crippen LogP contribution in [0.1, 0.15) is 31.0 Å².